The lowest BCUT2D eigenvalue weighted by Crippen LogP contribution is -2.55. The van der Waals surface area contributed by atoms with E-state index in [1.165, 1.54) is 0 Å². The number of carbonyl (C=O) groups is 2. The molecule has 0 aromatic heterocycles. The molecule has 1 aliphatic carbocycles. The monoisotopic (exact) mass is 566 g/mol. The van der Waals surface area contributed by atoms with Crippen molar-refractivity contribution in [3.63, 3.8) is 0 Å². The lowest BCUT2D eigenvalue weighted by Gasteiger charge is -2.48. The van der Waals surface area contributed by atoms with Crippen LogP contribution >= 0.6 is 23.2 Å². The molecule has 37 heavy (non-hydrogen) atoms. The van der Waals surface area contributed by atoms with Gasteiger partial charge in [-0.05, 0) is 68.0 Å². The van der Waals surface area contributed by atoms with E-state index >= 15 is 0 Å². The fraction of sp³-hybridized carbons (Fsp3) is 0.481. The molecular weight excluding hydrogens is 535 g/mol. The van der Waals surface area contributed by atoms with Crippen molar-refractivity contribution in [2.75, 3.05) is 6.54 Å². The fourth-order valence-corrected chi connectivity index (χ4v) is 6.96. The number of carboxylic acid groups (broad SMARTS) is 1. The zero-order valence-electron chi connectivity index (χ0n) is 20.9. The van der Waals surface area contributed by atoms with Crippen LogP contribution in [0.25, 0.3) is 0 Å². The van der Waals surface area contributed by atoms with Crippen molar-refractivity contribution in [1.29, 1.82) is 0 Å². The summed E-state index contributed by atoms with van der Waals surface area (Å²) in [5.41, 5.74) is 1.73. The summed E-state index contributed by atoms with van der Waals surface area (Å²) in [6, 6.07) is 13.7. The third-order valence-electron chi connectivity index (χ3n) is 7.71. The Hall–Kier alpha value is -2.13. The van der Waals surface area contributed by atoms with E-state index in [9.17, 15) is 23.1 Å². The number of benzene rings is 2. The molecule has 0 bridgehead atoms. The van der Waals surface area contributed by atoms with Crippen LogP contribution in [0.5, 0.6) is 0 Å². The second-order valence-corrected chi connectivity index (χ2v) is 13.5. The first-order chi connectivity index (χ1) is 17.5. The van der Waals surface area contributed by atoms with Crippen LogP contribution in [0.1, 0.15) is 69.0 Å². The fourth-order valence-electron chi connectivity index (χ4n) is 5.24. The molecule has 2 N–H and O–H groups in total. The number of likely N-dealkylation sites (tertiary alicyclic amines) is 1. The smallest absolute Gasteiger partial charge is 0.304 e. The Morgan fingerprint density at radius 2 is 1.81 bits per heavy atom. The number of hydrogen-bond donors (Lipinski definition) is 2. The maximum absolute atomic E-state index is 13.9. The minimum absolute atomic E-state index is 0.0479. The molecule has 4 atom stereocenters. The summed E-state index contributed by atoms with van der Waals surface area (Å²) in [6.45, 7) is 3.67. The molecule has 7 nitrogen and oxygen atoms in total. The highest BCUT2D eigenvalue weighted by Gasteiger charge is 2.51. The molecule has 4 rings (SSSR count). The van der Waals surface area contributed by atoms with Gasteiger partial charge in [-0.2, -0.15) is 0 Å². The quantitative estimate of drug-likeness (QED) is 0.401. The average Bonchev–Trinajstić information content (AvgIpc) is 3.61. The number of rotatable bonds is 10. The minimum atomic E-state index is -3.56. The van der Waals surface area contributed by atoms with Crippen LogP contribution in [-0.4, -0.2) is 47.6 Å². The van der Waals surface area contributed by atoms with E-state index in [0.717, 1.165) is 11.1 Å². The molecule has 2 aromatic rings. The van der Waals surface area contributed by atoms with Gasteiger partial charge in [0.05, 0.1) is 17.2 Å². The van der Waals surface area contributed by atoms with Crippen LogP contribution in [-0.2, 0) is 19.6 Å². The number of amides is 1. The second-order valence-electron chi connectivity index (χ2n) is 10.3. The second kappa shape index (κ2) is 10.9. The Labute approximate surface area is 228 Å². The molecule has 10 heteroatoms. The van der Waals surface area contributed by atoms with Gasteiger partial charge in [0.25, 0.3) is 0 Å². The van der Waals surface area contributed by atoms with Gasteiger partial charge in [0.2, 0.25) is 15.9 Å². The van der Waals surface area contributed by atoms with Gasteiger partial charge < -0.3 is 10.0 Å². The number of carboxylic acids is 1. The van der Waals surface area contributed by atoms with Crippen molar-refractivity contribution in [1.82, 2.24) is 9.62 Å². The molecule has 2 aliphatic rings. The molecule has 1 saturated heterocycles. The zero-order valence-corrected chi connectivity index (χ0v) is 23.2. The first kappa shape index (κ1) is 27.9. The molecule has 2 fully saturated rings. The highest BCUT2D eigenvalue weighted by Crippen LogP contribution is 2.48. The highest BCUT2D eigenvalue weighted by atomic mass is 35.5. The number of nitrogens with zero attached hydrogens (tertiary/aromatic N) is 1. The lowest BCUT2D eigenvalue weighted by atomic mass is 9.74. The van der Waals surface area contributed by atoms with E-state index in [-0.39, 0.29) is 24.8 Å². The lowest BCUT2D eigenvalue weighted by molar-refractivity contribution is -0.152. The van der Waals surface area contributed by atoms with Crippen LogP contribution in [0.2, 0.25) is 10.0 Å². The van der Waals surface area contributed by atoms with Gasteiger partial charge in [-0.25, -0.2) is 13.1 Å². The summed E-state index contributed by atoms with van der Waals surface area (Å²) in [5.74, 6) is -2.35. The summed E-state index contributed by atoms with van der Waals surface area (Å²) in [6.07, 6.45) is 1.71. The van der Waals surface area contributed by atoms with Gasteiger partial charge >= 0.3 is 5.97 Å². The Bertz CT molecular complexity index is 1260. The molecule has 1 heterocycles. The van der Waals surface area contributed by atoms with Crippen molar-refractivity contribution in [2.24, 2.45) is 5.92 Å². The summed E-state index contributed by atoms with van der Waals surface area (Å²) < 4.78 is 27.8. The average molecular weight is 568 g/mol. The van der Waals surface area contributed by atoms with Crippen molar-refractivity contribution in [2.45, 2.75) is 68.7 Å². The summed E-state index contributed by atoms with van der Waals surface area (Å²) >= 11 is 12.5. The summed E-state index contributed by atoms with van der Waals surface area (Å²) in [5, 5.41) is 10.7. The molecule has 1 amide bonds. The van der Waals surface area contributed by atoms with E-state index < -0.39 is 38.7 Å². The maximum atomic E-state index is 13.9. The van der Waals surface area contributed by atoms with Gasteiger partial charge in [-0.1, -0.05) is 54.4 Å². The van der Waals surface area contributed by atoms with Crippen LogP contribution in [0, 0.1) is 5.92 Å². The third kappa shape index (κ3) is 5.98. The van der Waals surface area contributed by atoms with Crippen LogP contribution in [0.3, 0.4) is 0 Å². The Kier molecular flexibility index (Phi) is 8.24. The molecule has 1 saturated carbocycles. The first-order valence-corrected chi connectivity index (χ1v) is 14.7. The van der Waals surface area contributed by atoms with Crippen molar-refractivity contribution in [3.8, 4) is 0 Å². The van der Waals surface area contributed by atoms with E-state index in [1.54, 1.807) is 30.0 Å². The molecule has 1 aliphatic heterocycles. The number of piperidine rings is 1. The standard InChI is InChI=1S/C27H32Cl2N2O5S/c1-3-22(16-30-37(35,36)27(2)11-12-27)31-25(17-7-9-20(28)10-8-17)23(18-5-4-6-21(29)13-18)14-19(26(31)34)15-24(32)33/h4-10,13,19,22-23,25,30H,3,11-12,14-16H2,1-2H3,(H,32,33)/t19-,22-,23+,25+/m0/s1. The number of carbonyl (C=O) groups excluding carboxylic acids is 1. The SMILES string of the molecule is CC[C@@H](CNS(=O)(=O)C1(C)CC1)N1C(=O)[C@H](CC(=O)O)C[C@H](c2cccc(Cl)c2)[C@H]1c1ccc(Cl)cc1. The number of nitrogens with one attached hydrogen (secondary N) is 1. The highest BCUT2D eigenvalue weighted by molar-refractivity contribution is 7.91. The van der Waals surface area contributed by atoms with Crippen LogP contribution in [0.4, 0.5) is 0 Å². The van der Waals surface area contributed by atoms with Gasteiger partial charge in [0.15, 0.2) is 0 Å². The van der Waals surface area contributed by atoms with E-state index in [4.69, 9.17) is 23.2 Å². The normalized spacial score (nSPS) is 24.1. The van der Waals surface area contributed by atoms with Crippen LogP contribution in [0.15, 0.2) is 48.5 Å². The number of sulfonamides is 1. The van der Waals surface area contributed by atoms with E-state index in [2.05, 4.69) is 4.72 Å². The maximum Gasteiger partial charge on any atom is 0.304 e. The minimum Gasteiger partial charge on any atom is -0.481 e. The van der Waals surface area contributed by atoms with Gasteiger partial charge in [0.1, 0.15) is 0 Å². The number of aliphatic carboxylic acids is 1. The number of hydrogen-bond acceptors (Lipinski definition) is 4. The zero-order chi connectivity index (χ0) is 27.0. The molecular formula is C27H32Cl2N2O5S. The number of halogens is 2. The van der Waals surface area contributed by atoms with Crippen molar-refractivity contribution in [3.05, 3.63) is 69.7 Å². The van der Waals surface area contributed by atoms with E-state index in [1.807, 2.05) is 37.3 Å². The molecule has 0 radical (unpaired) electrons. The summed E-state index contributed by atoms with van der Waals surface area (Å²) in [7, 11) is -3.56. The third-order valence-corrected chi connectivity index (χ3v) is 10.4. The predicted molar refractivity (Wildman–Crippen MR) is 144 cm³/mol. The van der Waals surface area contributed by atoms with Gasteiger partial charge in [0, 0.05) is 34.5 Å². The molecule has 2 aromatic carbocycles. The Morgan fingerprint density at radius 1 is 1.14 bits per heavy atom. The molecule has 0 unspecified atom stereocenters. The van der Waals surface area contributed by atoms with Crippen molar-refractivity contribution >= 4 is 45.1 Å². The van der Waals surface area contributed by atoms with Crippen LogP contribution < -0.4 is 4.72 Å². The van der Waals surface area contributed by atoms with Crippen molar-refractivity contribution < 1.29 is 23.1 Å². The molecule has 200 valence electrons. The topological polar surface area (TPSA) is 104 Å². The Morgan fingerprint density at radius 3 is 2.38 bits per heavy atom. The van der Waals surface area contributed by atoms with E-state index in [0.29, 0.717) is 35.7 Å². The Balaban J connectivity index is 1.79. The molecule has 0 spiro atoms. The first-order valence-electron chi connectivity index (χ1n) is 12.5. The van der Waals surface area contributed by atoms with Gasteiger partial charge in [-0.3, -0.25) is 9.59 Å². The summed E-state index contributed by atoms with van der Waals surface area (Å²) in [4.78, 5) is 27.4. The predicted octanol–water partition coefficient (Wildman–Crippen LogP) is 5.39. The largest absolute Gasteiger partial charge is 0.481 e. The van der Waals surface area contributed by atoms with Gasteiger partial charge in [-0.15, -0.1) is 0 Å².